The molecule has 0 unspecified atom stereocenters. The quantitative estimate of drug-likeness (QED) is 0.636. The molecule has 0 fully saturated rings. The summed E-state index contributed by atoms with van der Waals surface area (Å²) >= 11 is 5.16. The molecular weight excluding hydrogens is 180 g/mol. The molecule has 0 aliphatic heterocycles. The van der Waals surface area contributed by atoms with Crippen LogP contribution in [0.2, 0.25) is 0 Å². The maximum atomic E-state index is 5.16. The molecule has 0 aliphatic rings. The number of benzene rings is 1. The van der Waals surface area contributed by atoms with Gasteiger partial charge in [-0.05, 0) is 43.3 Å². The van der Waals surface area contributed by atoms with E-state index in [0.717, 1.165) is 10.3 Å². The van der Waals surface area contributed by atoms with E-state index in [1.807, 2.05) is 11.6 Å². The Kier molecular flexibility index (Phi) is 1.77. The summed E-state index contributed by atoms with van der Waals surface area (Å²) in [6.45, 7) is 4.24. The second-order valence-corrected chi connectivity index (χ2v) is 3.78. The van der Waals surface area contributed by atoms with Gasteiger partial charge in [0.2, 0.25) is 0 Å². The van der Waals surface area contributed by atoms with Crippen LogP contribution in [-0.4, -0.2) is 9.55 Å². The first-order chi connectivity index (χ1) is 6.11. The second-order valence-electron chi connectivity index (χ2n) is 3.39. The van der Waals surface area contributed by atoms with Crippen LogP contribution < -0.4 is 0 Å². The molecule has 0 atom stereocenters. The third kappa shape index (κ3) is 1.11. The smallest absolute Gasteiger partial charge is 0.177 e. The van der Waals surface area contributed by atoms with Crippen molar-refractivity contribution in [1.82, 2.24) is 9.55 Å². The van der Waals surface area contributed by atoms with Gasteiger partial charge in [0.05, 0.1) is 11.0 Å². The van der Waals surface area contributed by atoms with Gasteiger partial charge < -0.3 is 9.55 Å². The molecule has 0 saturated carbocycles. The number of nitrogens with zero attached hydrogens (tertiary/aromatic N) is 1. The van der Waals surface area contributed by atoms with Crippen molar-refractivity contribution in [2.24, 2.45) is 7.05 Å². The zero-order valence-corrected chi connectivity index (χ0v) is 8.83. The Morgan fingerprint density at radius 1 is 1.31 bits per heavy atom. The highest BCUT2D eigenvalue weighted by Crippen LogP contribution is 2.20. The van der Waals surface area contributed by atoms with Crippen LogP contribution in [0.4, 0.5) is 0 Å². The highest BCUT2D eigenvalue weighted by atomic mass is 32.1. The van der Waals surface area contributed by atoms with E-state index in [0.29, 0.717) is 0 Å². The lowest BCUT2D eigenvalue weighted by Crippen LogP contribution is -1.90. The molecule has 0 bridgehead atoms. The summed E-state index contributed by atoms with van der Waals surface area (Å²) in [5, 5.41) is 0. The van der Waals surface area contributed by atoms with Crippen LogP contribution in [0.1, 0.15) is 11.1 Å². The number of aromatic nitrogens is 2. The van der Waals surface area contributed by atoms with Gasteiger partial charge in [-0.1, -0.05) is 6.07 Å². The number of fused-ring (bicyclic) bond motifs is 1. The predicted molar refractivity (Wildman–Crippen MR) is 57.6 cm³/mol. The van der Waals surface area contributed by atoms with Gasteiger partial charge >= 0.3 is 0 Å². The SMILES string of the molecule is Cc1ccc2[nH]c(=S)n(C)c2c1C. The normalized spacial score (nSPS) is 11.0. The molecule has 1 N–H and O–H groups in total. The third-order valence-electron chi connectivity index (χ3n) is 2.58. The fourth-order valence-electron chi connectivity index (χ4n) is 1.63. The van der Waals surface area contributed by atoms with Crippen LogP contribution >= 0.6 is 12.2 Å². The lowest BCUT2D eigenvalue weighted by molar-refractivity contribution is 0.922. The zero-order valence-electron chi connectivity index (χ0n) is 8.01. The fraction of sp³-hybridized carbons (Fsp3) is 0.300. The maximum absolute atomic E-state index is 5.16. The monoisotopic (exact) mass is 192 g/mol. The number of hydrogen-bond acceptors (Lipinski definition) is 1. The molecule has 0 spiro atoms. The molecule has 0 radical (unpaired) electrons. The van der Waals surface area contributed by atoms with Crippen LogP contribution in [0.5, 0.6) is 0 Å². The minimum absolute atomic E-state index is 0.781. The van der Waals surface area contributed by atoms with E-state index >= 15 is 0 Å². The average Bonchev–Trinajstić information content (AvgIpc) is 2.37. The standard InChI is InChI=1S/C10H12N2S/c1-6-4-5-8-9(7(6)2)12(3)10(13)11-8/h4-5H,1-3H3,(H,11,13). The minimum atomic E-state index is 0.781. The Balaban J connectivity index is 3.05. The number of imidazole rings is 1. The maximum Gasteiger partial charge on any atom is 0.177 e. The van der Waals surface area contributed by atoms with Gasteiger partial charge in [0.1, 0.15) is 0 Å². The number of nitrogens with one attached hydrogen (secondary N) is 1. The van der Waals surface area contributed by atoms with E-state index in [4.69, 9.17) is 12.2 Å². The highest BCUT2D eigenvalue weighted by Gasteiger charge is 2.04. The topological polar surface area (TPSA) is 20.7 Å². The first kappa shape index (κ1) is 8.51. The van der Waals surface area contributed by atoms with Crippen molar-refractivity contribution in [3.8, 4) is 0 Å². The van der Waals surface area contributed by atoms with Crippen LogP contribution in [0.3, 0.4) is 0 Å². The summed E-state index contributed by atoms with van der Waals surface area (Å²) in [7, 11) is 1.99. The van der Waals surface area contributed by atoms with Gasteiger partial charge in [0.15, 0.2) is 4.77 Å². The molecule has 2 nitrogen and oxygen atoms in total. The molecule has 0 saturated heterocycles. The number of aryl methyl sites for hydroxylation is 3. The molecule has 1 heterocycles. The number of hydrogen-bond donors (Lipinski definition) is 1. The number of aromatic amines is 1. The van der Waals surface area contributed by atoms with E-state index in [2.05, 4.69) is 31.0 Å². The van der Waals surface area contributed by atoms with Gasteiger partial charge in [-0.15, -0.1) is 0 Å². The minimum Gasteiger partial charge on any atom is -0.331 e. The number of H-pyrrole nitrogens is 1. The Morgan fingerprint density at radius 3 is 2.69 bits per heavy atom. The van der Waals surface area contributed by atoms with Crippen molar-refractivity contribution < 1.29 is 0 Å². The molecule has 68 valence electrons. The van der Waals surface area contributed by atoms with E-state index in [9.17, 15) is 0 Å². The van der Waals surface area contributed by atoms with Crippen molar-refractivity contribution in [2.45, 2.75) is 13.8 Å². The van der Waals surface area contributed by atoms with Crippen molar-refractivity contribution >= 4 is 23.3 Å². The molecule has 3 heteroatoms. The lowest BCUT2D eigenvalue weighted by Gasteiger charge is -2.02. The molecule has 2 aromatic rings. The largest absolute Gasteiger partial charge is 0.331 e. The Bertz CT molecular complexity index is 519. The average molecular weight is 192 g/mol. The molecule has 13 heavy (non-hydrogen) atoms. The fourth-order valence-corrected chi connectivity index (χ4v) is 1.84. The van der Waals surface area contributed by atoms with Crippen LogP contribution in [-0.2, 0) is 7.05 Å². The zero-order chi connectivity index (χ0) is 9.59. The van der Waals surface area contributed by atoms with Gasteiger partial charge in [-0.2, -0.15) is 0 Å². The van der Waals surface area contributed by atoms with E-state index in [1.54, 1.807) is 0 Å². The Morgan fingerprint density at radius 2 is 2.00 bits per heavy atom. The van der Waals surface area contributed by atoms with Crippen molar-refractivity contribution in [2.75, 3.05) is 0 Å². The van der Waals surface area contributed by atoms with Crippen molar-refractivity contribution in [1.29, 1.82) is 0 Å². The molecule has 0 amide bonds. The number of rotatable bonds is 0. The molecular formula is C10H12N2S. The van der Waals surface area contributed by atoms with Crippen molar-refractivity contribution in [3.63, 3.8) is 0 Å². The summed E-state index contributed by atoms with van der Waals surface area (Å²) in [5.74, 6) is 0. The van der Waals surface area contributed by atoms with E-state index in [-0.39, 0.29) is 0 Å². The van der Waals surface area contributed by atoms with Gasteiger partial charge in [-0.25, -0.2) is 0 Å². The summed E-state index contributed by atoms with van der Waals surface area (Å²) in [4.78, 5) is 3.17. The van der Waals surface area contributed by atoms with Crippen LogP contribution in [0.25, 0.3) is 11.0 Å². The van der Waals surface area contributed by atoms with Gasteiger partial charge in [0, 0.05) is 7.05 Å². The molecule has 1 aromatic heterocycles. The molecule has 2 rings (SSSR count). The van der Waals surface area contributed by atoms with Gasteiger partial charge in [-0.3, -0.25) is 0 Å². The molecule has 1 aromatic carbocycles. The predicted octanol–water partition coefficient (Wildman–Crippen LogP) is 2.85. The Labute approximate surface area is 82.2 Å². The second kappa shape index (κ2) is 2.70. The summed E-state index contributed by atoms with van der Waals surface area (Å²) in [5.41, 5.74) is 4.94. The summed E-state index contributed by atoms with van der Waals surface area (Å²) < 4.78 is 2.80. The first-order valence-electron chi connectivity index (χ1n) is 4.26. The highest BCUT2D eigenvalue weighted by molar-refractivity contribution is 7.71. The molecule has 0 aliphatic carbocycles. The van der Waals surface area contributed by atoms with Crippen LogP contribution in [0, 0.1) is 18.6 Å². The Hall–Kier alpha value is -1.09. The van der Waals surface area contributed by atoms with E-state index in [1.165, 1.54) is 16.6 Å². The lowest BCUT2D eigenvalue weighted by atomic mass is 10.1. The first-order valence-corrected chi connectivity index (χ1v) is 4.67. The van der Waals surface area contributed by atoms with Gasteiger partial charge in [0.25, 0.3) is 0 Å². The third-order valence-corrected chi connectivity index (χ3v) is 2.96. The van der Waals surface area contributed by atoms with Crippen LogP contribution in [0.15, 0.2) is 12.1 Å². The van der Waals surface area contributed by atoms with Crippen molar-refractivity contribution in [3.05, 3.63) is 28.0 Å². The van der Waals surface area contributed by atoms with E-state index < -0.39 is 0 Å². The summed E-state index contributed by atoms with van der Waals surface area (Å²) in [6.07, 6.45) is 0. The summed E-state index contributed by atoms with van der Waals surface area (Å²) in [6, 6.07) is 4.19.